The number of carboxylic acids is 1. The lowest BCUT2D eigenvalue weighted by atomic mass is 9.85. The van der Waals surface area contributed by atoms with Crippen LogP contribution in [0.2, 0.25) is 0 Å². The van der Waals surface area contributed by atoms with E-state index in [-0.39, 0.29) is 17.8 Å². The van der Waals surface area contributed by atoms with Crippen LogP contribution in [0.15, 0.2) is 24.3 Å². The number of rotatable bonds is 14. The van der Waals surface area contributed by atoms with Crippen molar-refractivity contribution in [2.45, 2.75) is 122 Å². The molecular weight excluding hydrogens is 456 g/mol. The molecule has 3 rings (SSSR count). The van der Waals surface area contributed by atoms with Gasteiger partial charge in [0.15, 0.2) is 12.1 Å². The summed E-state index contributed by atoms with van der Waals surface area (Å²) in [5.41, 5.74) is 0.0452. The first-order chi connectivity index (χ1) is 17.3. The first-order valence-electron chi connectivity index (χ1n) is 14.5. The van der Waals surface area contributed by atoms with E-state index < -0.39 is 11.8 Å². The molecule has 3 fully saturated rings. The van der Waals surface area contributed by atoms with Gasteiger partial charge < -0.3 is 24.1 Å². The molecule has 0 amide bonds. The first kappa shape index (κ1) is 29.3. The average Bonchev–Trinajstić information content (AvgIpc) is 3.19. The van der Waals surface area contributed by atoms with Gasteiger partial charge in [-0.25, -0.2) is 4.79 Å². The smallest absolute Gasteiger partial charge is 0.327 e. The molecule has 1 spiro atoms. The van der Waals surface area contributed by atoms with E-state index in [2.05, 4.69) is 32.9 Å². The highest BCUT2D eigenvalue weighted by Gasteiger charge is 2.52. The van der Waals surface area contributed by atoms with Gasteiger partial charge in [-0.05, 0) is 57.3 Å². The number of carboxylic acid groups (broad SMARTS) is 1. The van der Waals surface area contributed by atoms with Crippen molar-refractivity contribution in [1.82, 2.24) is 0 Å². The van der Waals surface area contributed by atoms with E-state index in [1.165, 1.54) is 31.8 Å². The Kier molecular flexibility index (Phi) is 11.9. The molecule has 0 radical (unpaired) electrons. The van der Waals surface area contributed by atoms with E-state index in [1.54, 1.807) is 6.08 Å². The highest BCUT2D eigenvalue weighted by Crippen LogP contribution is 2.50. The van der Waals surface area contributed by atoms with Crippen LogP contribution in [-0.2, 0) is 23.7 Å². The maximum absolute atomic E-state index is 10.7. The van der Waals surface area contributed by atoms with Gasteiger partial charge in [-0.3, -0.25) is 0 Å². The Balaban J connectivity index is 1.64. The van der Waals surface area contributed by atoms with Gasteiger partial charge in [0.1, 0.15) is 0 Å². The topological polar surface area (TPSA) is 74.2 Å². The quantitative estimate of drug-likeness (QED) is 0.155. The van der Waals surface area contributed by atoms with Crippen molar-refractivity contribution in [3.8, 4) is 0 Å². The molecule has 6 heteroatoms. The van der Waals surface area contributed by atoms with Crippen molar-refractivity contribution >= 4 is 5.97 Å². The number of ether oxygens (including phenoxy) is 4. The summed E-state index contributed by atoms with van der Waals surface area (Å²) in [4.78, 5) is 10.7. The molecule has 4 atom stereocenters. The summed E-state index contributed by atoms with van der Waals surface area (Å²) in [5, 5.41) is 8.82. The average molecular weight is 507 g/mol. The van der Waals surface area contributed by atoms with Crippen molar-refractivity contribution in [2.24, 2.45) is 17.3 Å². The summed E-state index contributed by atoms with van der Waals surface area (Å²) in [6.07, 6.45) is 21.4. The van der Waals surface area contributed by atoms with Gasteiger partial charge in [0.2, 0.25) is 0 Å². The Bertz CT molecular complexity index is 698. The van der Waals surface area contributed by atoms with Gasteiger partial charge in [-0.2, -0.15) is 0 Å². The Labute approximate surface area is 218 Å². The summed E-state index contributed by atoms with van der Waals surface area (Å²) in [7, 11) is 0. The largest absolute Gasteiger partial charge is 0.478 e. The van der Waals surface area contributed by atoms with Crippen LogP contribution < -0.4 is 0 Å². The standard InChI is InChI=1S/C30H50O6/c1-4-5-8-13-25(36-28-16-11-12-21-33-28)18-17-24-19-20-30(34-22-29(2,3)23-35-30)26(24)14-9-6-7-10-15-27(31)32/h10,15,17-18,24-26,28H,4-9,11-14,16,19-23H2,1-3H3,(H,31,32)/t24-,25?,26+,28?/m1/s1. The van der Waals surface area contributed by atoms with Gasteiger partial charge in [0, 0.05) is 30.4 Å². The molecule has 2 unspecified atom stereocenters. The van der Waals surface area contributed by atoms with Crippen LogP contribution in [0.1, 0.15) is 104 Å². The van der Waals surface area contributed by atoms with E-state index in [9.17, 15) is 4.79 Å². The zero-order valence-electron chi connectivity index (χ0n) is 22.9. The molecule has 0 bridgehead atoms. The van der Waals surface area contributed by atoms with Crippen LogP contribution in [0.3, 0.4) is 0 Å². The zero-order chi connectivity index (χ0) is 25.9. The van der Waals surface area contributed by atoms with Crippen LogP contribution in [0.4, 0.5) is 0 Å². The molecule has 36 heavy (non-hydrogen) atoms. The normalized spacial score (nSPS) is 28.8. The Morgan fingerprint density at radius 2 is 1.92 bits per heavy atom. The van der Waals surface area contributed by atoms with Crippen molar-refractivity contribution in [3.05, 3.63) is 24.3 Å². The van der Waals surface area contributed by atoms with Gasteiger partial charge in [-0.1, -0.05) is 64.7 Å². The third kappa shape index (κ3) is 9.27. The summed E-state index contributed by atoms with van der Waals surface area (Å²) in [6, 6.07) is 0. The maximum Gasteiger partial charge on any atom is 0.327 e. The minimum atomic E-state index is -0.879. The fraction of sp³-hybridized carbons (Fsp3) is 0.833. The second-order valence-electron chi connectivity index (χ2n) is 11.7. The molecule has 1 N–H and O–H groups in total. The number of allylic oxidation sites excluding steroid dienone is 2. The van der Waals surface area contributed by atoms with E-state index in [4.69, 9.17) is 24.1 Å². The van der Waals surface area contributed by atoms with Crippen LogP contribution in [0.25, 0.3) is 0 Å². The third-order valence-electron chi connectivity index (χ3n) is 7.85. The van der Waals surface area contributed by atoms with Crippen LogP contribution in [0, 0.1) is 17.3 Å². The van der Waals surface area contributed by atoms with Crippen molar-refractivity contribution in [2.75, 3.05) is 19.8 Å². The Hall–Kier alpha value is -1.21. The second kappa shape index (κ2) is 14.7. The predicted octanol–water partition coefficient (Wildman–Crippen LogP) is 7.03. The second-order valence-corrected chi connectivity index (χ2v) is 11.7. The van der Waals surface area contributed by atoms with Crippen LogP contribution >= 0.6 is 0 Å². The lowest BCUT2D eigenvalue weighted by Gasteiger charge is -2.45. The fourth-order valence-electron chi connectivity index (χ4n) is 5.72. The van der Waals surface area contributed by atoms with E-state index in [0.29, 0.717) is 11.8 Å². The highest BCUT2D eigenvalue weighted by atomic mass is 16.7. The monoisotopic (exact) mass is 506 g/mol. The lowest BCUT2D eigenvalue weighted by Crippen LogP contribution is -2.50. The summed E-state index contributed by atoms with van der Waals surface area (Å²) >= 11 is 0. The van der Waals surface area contributed by atoms with Gasteiger partial charge in [0.05, 0.1) is 19.3 Å². The molecular formula is C30H50O6. The first-order valence-corrected chi connectivity index (χ1v) is 14.5. The summed E-state index contributed by atoms with van der Waals surface area (Å²) in [6.45, 7) is 8.88. The summed E-state index contributed by atoms with van der Waals surface area (Å²) < 4.78 is 25.3. The van der Waals surface area contributed by atoms with Crippen molar-refractivity contribution in [3.63, 3.8) is 0 Å². The number of hydrogen-bond donors (Lipinski definition) is 1. The number of aliphatic carboxylic acids is 1. The predicted molar refractivity (Wildman–Crippen MR) is 142 cm³/mol. The number of hydrogen-bond acceptors (Lipinski definition) is 5. The minimum absolute atomic E-state index is 0.0452. The molecule has 2 heterocycles. The number of carbonyl (C=O) groups is 1. The van der Waals surface area contributed by atoms with Crippen molar-refractivity contribution < 1.29 is 28.8 Å². The molecule has 2 saturated heterocycles. The molecule has 0 aromatic heterocycles. The fourth-order valence-corrected chi connectivity index (χ4v) is 5.72. The molecule has 1 aliphatic carbocycles. The minimum Gasteiger partial charge on any atom is -0.478 e. The Morgan fingerprint density at radius 3 is 2.61 bits per heavy atom. The molecule has 2 aliphatic heterocycles. The molecule has 3 aliphatic rings. The zero-order valence-corrected chi connectivity index (χ0v) is 22.9. The van der Waals surface area contributed by atoms with E-state index >= 15 is 0 Å². The molecule has 1 saturated carbocycles. The molecule has 0 aromatic carbocycles. The van der Waals surface area contributed by atoms with E-state index in [1.807, 2.05) is 0 Å². The molecule has 0 aromatic rings. The third-order valence-corrected chi connectivity index (χ3v) is 7.85. The lowest BCUT2D eigenvalue weighted by molar-refractivity contribution is -0.316. The summed E-state index contributed by atoms with van der Waals surface area (Å²) in [5.74, 6) is -0.677. The van der Waals surface area contributed by atoms with Crippen LogP contribution in [0.5, 0.6) is 0 Å². The SMILES string of the molecule is CCCCCC(C=C[C@@H]1CCC2(OCC(C)(C)CO2)[C@H]1CCCCC=CC(=O)O)OC1CCCCO1. The number of unbranched alkanes of at least 4 members (excludes halogenated alkanes) is 4. The maximum atomic E-state index is 10.7. The molecule has 6 nitrogen and oxygen atoms in total. The van der Waals surface area contributed by atoms with Gasteiger partial charge in [-0.15, -0.1) is 0 Å². The van der Waals surface area contributed by atoms with E-state index in [0.717, 1.165) is 77.6 Å². The van der Waals surface area contributed by atoms with Crippen molar-refractivity contribution in [1.29, 1.82) is 0 Å². The molecule has 206 valence electrons. The van der Waals surface area contributed by atoms with Gasteiger partial charge >= 0.3 is 5.97 Å². The van der Waals surface area contributed by atoms with Gasteiger partial charge in [0.25, 0.3) is 0 Å². The Morgan fingerprint density at radius 1 is 1.11 bits per heavy atom. The van der Waals surface area contributed by atoms with Crippen LogP contribution in [-0.4, -0.2) is 49.1 Å². The highest BCUT2D eigenvalue weighted by molar-refractivity contribution is 5.79.